The normalized spacial score (nSPS) is 9.86. The number of amides is 2. The lowest BCUT2D eigenvalue weighted by molar-refractivity contribution is 0.0934. The van der Waals surface area contributed by atoms with Crippen molar-refractivity contribution in [2.75, 3.05) is 21.3 Å². The molecule has 8 nitrogen and oxygen atoms in total. The van der Waals surface area contributed by atoms with Crippen molar-refractivity contribution < 1.29 is 23.8 Å². The number of halogens is 1. The Morgan fingerprint density at radius 3 is 2.07 bits per heavy atom. The molecule has 3 N–H and O–H groups in total. The highest BCUT2D eigenvalue weighted by Crippen LogP contribution is 2.38. The van der Waals surface area contributed by atoms with Gasteiger partial charge in [-0.25, -0.2) is 0 Å². The molecule has 0 aliphatic rings. The van der Waals surface area contributed by atoms with E-state index in [1.807, 2.05) is 6.07 Å². The maximum absolute atomic E-state index is 12.4. The van der Waals surface area contributed by atoms with E-state index in [2.05, 4.69) is 38.8 Å². The van der Waals surface area contributed by atoms with Gasteiger partial charge in [-0.3, -0.25) is 25.8 Å². The van der Waals surface area contributed by atoms with Crippen LogP contribution in [-0.4, -0.2) is 38.3 Å². The number of rotatable bonds is 5. The Balaban J connectivity index is 2.03. The molecule has 2 amide bonds. The Bertz CT molecular complexity index is 882. The molecule has 0 saturated heterocycles. The number of ether oxygens (including phenoxy) is 3. The largest absolute Gasteiger partial charge is 0.493 e. The number of carbonyl (C=O) groups is 2. The zero-order valence-electron chi connectivity index (χ0n) is 15.3. The maximum atomic E-state index is 12.4. The minimum Gasteiger partial charge on any atom is -0.493 e. The van der Waals surface area contributed by atoms with Crippen LogP contribution in [0.1, 0.15) is 20.7 Å². The highest BCUT2D eigenvalue weighted by Gasteiger charge is 2.17. The molecule has 2 rings (SSSR count). The van der Waals surface area contributed by atoms with E-state index in [1.54, 1.807) is 18.2 Å². The summed E-state index contributed by atoms with van der Waals surface area (Å²) in [7, 11) is 4.37. The molecule has 2 aromatic carbocycles. The molecule has 0 atom stereocenters. The molecule has 0 aromatic heterocycles. The Kier molecular flexibility index (Phi) is 7.81. The number of hydrogen-bond donors (Lipinski definition) is 3. The van der Waals surface area contributed by atoms with E-state index in [1.165, 1.54) is 33.5 Å². The van der Waals surface area contributed by atoms with Crippen LogP contribution in [0.5, 0.6) is 17.2 Å². The molecular weight excluding hydrogens is 497 g/mol. The first kappa shape index (κ1) is 21.7. The minimum absolute atomic E-state index is 0.0505. The second-order valence-electron chi connectivity index (χ2n) is 5.26. The molecule has 0 heterocycles. The van der Waals surface area contributed by atoms with E-state index in [-0.39, 0.29) is 16.6 Å². The van der Waals surface area contributed by atoms with Gasteiger partial charge in [-0.15, -0.1) is 0 Å². The van der Waals surface area contributed by atoms with E-state index in [4.69, 9.17) is 26.4 Å². The van der Waals surface area contributed by atoms with Gasteiger partial charge in [0.15, 0.2) is 16.6 Å². The van der Waals surface area contributed by atoms with Crippen molar-refractivity contribution in [2.24, 2.45) is 0 Å². The van der Waals surface area contributed by atoms with Crippen LogP contribution in [0.3, 0.4) is 0 Å². The molecule has 0 spiro atoms. The smallest absolute Gasteiger partial charge is 0.269 e. The second kappa shape index (κ2) is 10.1. The van der Waals surface area contributed by atoms with Crippen LogP contribution < -0.4 is 30.4 Å². The fourth-order valence-corrected chi connectivity index (χ4v) is 3.02. The Morgan fingerprint density at radius 2 is 1.54 bits per heavy atom. The lowest BCUT2D eigenvalue weighted by atomic mass is 10.1. The molecule has 0 aliphatic carbocycles. The lowest BCUT2D eigenvalue weighted by Gasteiger charge is -2.15. The van der Waals surface area contributed by atoms with Crippen LogP contribution in [-0.2, 0) is 0 Å². The van der Waals surface area contributed by atoms with Gasteiger partial charge in [-0.05, 0) is 59.1 Å². The van der Waals surface area contributed by atoms with E-state index in [0.29, 0.717) is 22.8 Å². The number of benzene rings is 2. The summed E-state index contributed by atoms with van der Waals surface area (Å²) < 4.78 is 16.4. The Morgan fingerprint density at radius 1 is 0.929 bits per heavy atom. The van der Waals surface area contributed by atoms with Gasteiger partial charge in [0.1, 0.15) is 0 Å². The van der Waals surface area contributed by atoms with Crippen molar-refractivity contribution in [1.82, 2.24) is 16.2 Å². The van der Waals surface area contributed by atoms with E-state index >= 15 is 0 Å². The van der Waals surface area contributed by atoms with E-state index < -0.39 is 5.91 Å². The van der Waals surface area contributed by atoms with Gasteiger partial charge in [0.05, 0.1) is 26.9 Å². The van der Waals surface area contributed by atoms with Crippen LogP contribution in [0, 0.1) is 3.57 Å². The van der Waals surface area contributed by atoms with Gasteiger partial charge in [0.25, 0.3) is 11.8 Å². The molecule has 28 heavy (non-hydrogen) atoms. The van der Waals surface area contributed by atoms with Crippen molar-refractivity contribution in [3.8, 4) is 17.2 Å². The zero-order valence-corrected chi connectivity index (χ0v) is 18.3. The molecule has 148 valence electrons. The predicted octanol–water partition coefficient (Wildman–Crippen LogP) is 2.27. The predicted molar refractivity (Wildman–Crippen MR) is 116 cm³/mol. The third-order valence-electron chi connectivity index (χ3n) is 3.56. The fourth-order valence-electron chi connectivity index (χ4n) is 2.24. The topological polar surface area (TPSA) is 97.9 Å². The summed E-state index contributed by atoms with van der Waals surface area (Å²) >= 11 is 7.10. The van der Waals surface area contributed by atoms with Crippen LogP contribution in [0.25, 0.3) is 0 Å². The number of methoxy groups -OCH3 is 3. The summed E-state index contributed by atoms with van der Waals surface area (Å²) in [6, 6.07) is 10.0. The van der Waals surface area contributed by atoms with Crippen LogP contribution >= 0.6 is 34.8 Å². The molecule has 10 heteroatoms. The first-order chi connectivity index (χ1) is 13.4. The minimum atomic E-state index is -0.509. The average Bonchev–Trinajstić information content (AvgIpc) is 2.70. The van der Waals surface area contributed by atoms with Gasteiger partial charge in [-0.1, -0.05) is 12.1 Å². The Labute approximate surface area is 181 Å². The van der Waals surface area contributed by atoms with Crippen LogP contribution in [0.15, 0.2) is 36.4 Å². The highest BCUT2D eigenvalue weighted by atomic mass is 127. The third kappa shape index (κ3) is 5.23. The molecule has 0 fully saturated rings. The van der Waals surface area contributed by atoms with Gasteiger partial charge in [0, 0.05) is 9.13 Å². The zero-order chi connectivity index (χ0) is 20.7. The van der Waals surface area contributed by atoms with Gasteiger partial charge in [0.2, 0.25) is 5.75 Å². The Hall–Kier alpha value is -2.60. The van der Waals surface area contributed by atoms with Crippen LogP contribution in [0.2, 0.25) is 0 Å². The van der Waals surface area contributed by atoms with Gasteiger partial charge in [-0.2, -0.15) is 0 Å². The number of hydrazine groups is 1. The molecular formula is C18H18IN3O5S. The number of nitrogens with one attached hydrogen (secondary N) is 3. The molecule has 2 aromatic rings. The average molecular weight is 515 g/mol. The summed E-state index contributed by atoms with van der Waals surface area (Å²) in [6.45, 7) is 0. The van der Waals surface area contributed by atoms with E-state index in [9.17, 15) is 9.59 Å². The molecule has 0 unspecified atom stereocenters. The maximum Gasteiger partial charge on any atom is 0.269 e. The van der Waals surface area contributed by atoms with Gasteiger partial charge >= 0.3 is 0 Å². The van der Waals surface area contributed by atoms with Crippen molar-refractivity contribution in [2.45, 2.75) is 0 Å². The number of thiocarbonyl (C=S) groups is 1. The SMILES string of the molecule is COc1cc(C(=O)NNC(=S)NC(=O)c2ccccc2I)cc(OC)c1OC. The van der Waals surface area contributed by atoms with Crippen molar-refractivity contribution >= 4 is 51.7 Å². The lowest BCUT2D eigenvalue weighted by Crippen LogP contribution is -2.48. The highest BCUT2D eigenvalue weighted by molar-refractivity contribution is 14.1. The third-order valence-corrected chi connectivity index (χ3v) is 4.71. The second-order valence-corrected chi connectivity index (χ2v) is 6.83. The van der Waals surface area contributed by atoms with E-state index in [0.717, 1.165) is 3.57 Å². The monoisotopic (exact) mass is 515 g/mol. The number of carbonyl (C=O) groups excluding carboxylic acids is 2. The van der Waals surface area contributed by atoms with Crippen LogP contribution in [0.4, 0.5) is 0 Å². The standard InChI is InChI=1S/C18H18IN3O5S/c1-25-13-8-10(9-14(26-2)15(13)27-3)16(23)21-22-18(28)20-17(24)11-6-4-5-7-12(11)19/h4-9H,1-3H3,(H,21,23)(H2,20,22,24,28). The van der Waals surface area contributed by atoms with Crippen molar-refractivity contribution in [3.05, 3.63) is 51.1 Å². The fraction of sp³-hybridized carbons (Fsp3) is 0.167. The summed E-state index contributed by atoms with van der Waals surface area (Å²) in [5.41, 5.74) is 5.62. The molecule has 0 bridgehead atoms. The van der Waals surface area contributed by atoms with Crippen molar-refractivity contribution in [1.29, 1.82) is 0 Å². The molecule has 0 saturated carbocycles. The summed E-state index contributed by atoms with van der Waals surface area (Å²) in [4.78, 5) is 24.6. The molecule has 0 aliphatic heterocycles. The summed E-state index contributed by atoms with van der Waals surface area (Å²) in [5.74, 6) is 0.146. The summed E-state index contributed by atoms with van der Waals surface area (Å²) in [6.07, 6.45) is 0. The van der Waals surface area contributed by atoms with Gasteiger partial charge < -0.3 is 14.2 Å². The quantitative estimate of drug-likeness (QED) is 0.320. The first-order valence-corrected chi connectivity index (χ1v) is 9.36. The summed E-state index contributed by atoms with van der Waals surface area (Å²) in [5, 5.41) is 2.45. The first-order valence-electron chi connectivity index (χ1n) is 7.87. The number of hydrogen-bond acceptors (Lipinski definition) is 6. The van der Waals surface area contributed by atoms with Crippen molar-refractivity contribution in [3.63, 3.8) is 0 Å². The molecule has 0 radical (unpaired) electrons.